The molecule has 0 bridgehead atoms. The van der Waals surface area contributed by atoms with Gasteiger partial charge in [0.1, 0.15) is 11.9 Å². The van der Waals surface area contributed by atoms with Crippen molar-refractivity contribution in [2.75, 3.05) is 6.54 Å². The van der Waals surface area contributed by atoms with Crippen molar-refractivity contribution in [2.24, 2.45) is 0 Å². The number of nitrogens with zero attached hydrogens (tertiary/aromatic N) is 2. The second kappa shape index (κ2) is 7.67. The fourth-order valence-corrected chi connectivity index (χ4v) is 2.12. The molecule has 1 amide bonds. The molecule has 2 aromatic rings. The second-order valence-electron chi connectivity index (χ2n) is 5.33. The summed E-state index contributed by atoms with van der Waals surface area (Å²) in [6, 6.07) is 8.03. The molecule has 2 rings (SSSR count). The molecule has 0 saturated heterocycles. The van der Waals surface area contributed by atoms with E-state index < -0.39 is 6.04 Å². The van der Waals surface area contributed by atoms with Crippen LogP contribution in [0.5, 0.6) is 0 Å². The number of rotatable bonds is 6. The number of carbonyl (C=O) groups is 1. The first kappa shape index (κ1) is 16.9. The summed E-state index contributed by atoms with van der Waals surface area (Å²) in [5.41, 5.74) is 0.838. The Kier molecular flexibility index (Phi) is 5.62. The molecule has 0 aliphatic heterocycles. The van der Waals surface area contributed by atoms with Gasteiger partial charge in [0.25, 0.3) is 5.56 Å². The molecule has 0 radical (unpaired) electrons. The highest BCUT2D eigenvalue weighted by atomic mass is 19.1. The van der Waals surface area contributed by atoms with Gasteiger partial charge in [-0.3, -0.25) is 9.59 Å². The zero-order chi connectivity index (χ0) is 16.8. The second-order valence-corrected chi connectivity index (χ2v) is 5.33. The molecule has 1 aromatic carbocycles. The molecule has 6 heteroatoms. The Balaban J connectivity index is 2.25. The Morgan fingerprint density at radius 1 is 1.26 bits per heavy atom. The highest BCUT2D eigenvalue weighted by molar-refractivity contribution is 5.79. The summed E-state index contributed by atoms with van der Waals surface area (Å²) in [6.07, 6.45) is 1.86. The van der Waals surface area contributed by atoms with Crippen LogP contribution in [-0.2, 0) is 4.79 Å². The summed E-state index contributed by atoms with van der Waals surface area (Å²) < 4.78 is 14.2. The molecular formula is C17H20FN3O2. The molecule has 5 nitrogen and oxygen atoms in total. The van der Waals surface area contributed by atoms with Crippen LogP contribution in [0.4, 0.5) is 4.39 Å². The van der Waals surface area contributed by atoms with E-state index >= 15 is 0 Å². The highest BCUT2D eigenvalue weighted by Gasteiger charge is 2.17. The van der Waals surface area contributed by atoms with Gasteiger partial charge in [0.2, 0.25) is 5.91 Å². The maximum atomic E-state index is 13.0. The number of amides is 1. The van der Waals surface area contributed by atoms with E-state index in [0.717, 1.165) is 17.5 Å². The molecule has 0 aliphatic rings. The number of halogens is 1. The van der Waals surface area contributed by atoms with Crippen molar-refractivity contribution in [1.82, 2.24) is 15.1 Å². The minimum absolute atomic E-state index is 0.246. The molecule has 0 spiro atoms. The van der Waals surface area contributed by atoms with E-state index in [9.17, 15) is 14.0 Å². The van der Waals surface area contributed by atoms with E-state index in [2.05, 4.69) is 10.4 Å². The van der Waals surface area contributed by atoms with Crippen molar-refractivity contribution in [3.63, 3.8) is 0 Å². The predicted molar refractivity (Wildman–Crippen MR) is 86.5 cm³/mol. The maximum absolute atomic E-state index is 13.0. The van der Waals surface area contributed by atoms with Crippen LogP contribution >= 0.6 is 0 Å². The van der Waals surface area contributed by atoms with Gasteiger partial charge in [-0.2, -0.15) is 5.10 Å². The van der Waals surface area contributed by atoms with Crippen molar-refractivity contribution in [1.29, 1.82) is 0 Å². The van der Waals surface area contributed by atoms with Crippen LogP contribution in [0.25, 0.3) is 11.3 Å². The summed E-state index contributed by atoms with van der Waals surface area (Å²) in [5.74, 6) is -0.588. The van der Waals surface area contributed by atoms with Crippen molar-refractivity contribution in [2.45, 2.75) is 32.7 Å². The summed E-state index contributed by atoms with van der Waals surface area (Å²) in [6.45, 7) is 4.24. The molecule has 1 unspecified atom stereocenters. The fraction of sp³-hybridized carbons (Fsp3) is 0.353. The van der Waals surface area contributed by atoms with E-state index in [0.29, 0.717) is 17.8 Å². The zero-order valence-corrected chi connectivity index (χ0v) is 13.3. The lowest BCUT2D eigenvalue weighted by Crippen LogP contribution is -2.37. The third kappa shape index (κ3) is 4.25. The van der Waals surface area contributed by atoms with Crippen LogP contribution in [0.2, 0.25) is 0 Å². The standard InChI is InChI=1S/C17H20FN3O2/c1-3-4-11-19-17(23)12(2)21-16(22)10-9-15(20-21)13-5-7-14(18)8-6-13/h5-10,12H,3-4,11H2,1-2H3,(H,19,23). The number of aromatic nitrogens is 2. The van der Waals surface area contributed by atoms with Gasteiger partial charge in [-0.05, 0) is 43.7 Å². The quantitative estimate of drug-likeness (QED) is 0.833. The minimum Gasteiger partial charge on any atom is -0.354 e. The van der Waals surface area contributed by atoms with Crippen LogP contribution in [0.15, 0.2) is 41.2 Å². The first-order valence-electron chi connectivity index (χ1n) is 7.66. The van der Waals surface area contributed by atoms with E-state index in [1.807, 2.05) is 6.92 Å². The Labute approximate surface area is 134 Å². The van der Waals surface area contributed by atoms with Gasteiger partial charge in [-0.25, -0.2) is 9.07 Å². The molecule has 23 heavy (non-hydrogen) atoms. The van der Waals surface area contributed by atoms with Crippen LogP contribution in [0.3, 0.4) is 0 Å². The van der Waals surface area contributed by atoms with Crippen molar-refractivity contribution < 1.29 is 9.18 Å². The first-order valence-corrected chi connectivity index (χ1v) is 7.66. The summed E-state index contributed by atoms with van der Waals surface area (Å²) in [7, 11) is 0. The normalized spacial score (nSPS) is 12.0. The number of unbranched alkanes of at least 4 members (excludes halogenated alkanes) is 1. The molecule has 1 N–H and O–H groups in total. The molecule has 1 heterocycles. The van der Waals surface area contributed by atoms with Crippen LogP contribution < -0.4 is 10.9 Å². The van der Waals surface area contributed by atoms with E-state index in [4.69, 9.17) is 0 Å². The van der Waals surface area contributed by atoms with Crippen LogP contribution in [-0.4, -0.2) is 22.2 Å². The number of nitrogens with one attached hydrogen (secondary N) is 1. The van der Waals surface area contributed by atoms with Gasteiger partial charge in [0.15, 0.2) is 0 Å². The lowest BCUT2D eigenvalue weighted by atomic mass is 10.1. The van der Waals surface area contributed by atoms with Crippen molar-refractivity contribution in [3.05, 3.63) is 52.6 Å². The molecule has 0 fully saturated rings. The lowest BCUT2D eigenvalue weighted by molar-refractivity contribution is -0.124. The summed E-state index contributed by atoms with van der Waals surface area (Å²) in [5, 5.41) is 7.03. The van der Waals surface area contributed by atoms with Gasteiger partial charge in [-0.15, -0.1) is 0 Å². The monoisotopic (exact) mass is 317 g/mol. The highest BCUT2D eigenvalue weighted by Crippen LogP contribution is 2.16. The lowest BCUT2D eigenvalue weighted by Gasteiger charge is -2.14. The third-order valence-electron chi connectivity index (χ3n) is 3.54. The van der Waals surface area contributed by atoms with Crippen LogP contribution in [0.1, 0.15) is 32.7 Å². The average Bonchev–Trinajstić information content (AvgIpc) is 2.55. The number of benzene rings is 1. The minimum atomic E-state index is -0.709. The van der Waals surface area contributed by atoms with Gasteiger partial charge in [0, 0.05) is 18.2 Å². The van der Waals surface area contributed by atoms with E-state index in [1.165, 1.54) is 18.2 Å². The van der Waals surface area contributed by atoms with Crippen LogP contribution in [0, 0.1) is 5.82 Å². The Bertz CT molecular complexity index is 725. The fourth-order valence-electron chi connectivity index (χ4n) is 2.12. The maximum Gasteiger partial charge on any atom is 0.267 e. The average molecular weight is 317 g/mol. The molecule has 1 atom stereocenters. The number of carbonyl (C=O) groups excluding carboxylic acids is 1. The zero-order valence-electron chi connectivity index (χ0n) is 13.3. The summed E-state index contributed by atoms with van der Waals surface area (Å²) >= 11 is 0. The van der Waals surface area contributed by atoms with Gasteiger partial charge in [0.05, 0.1) is 5.69 Å². The third-order valence-corrected chi connectivity index (χ3v) is 3.54. The topological polar surface area (TPSA) is 64.0 Å². The van der Waals surface area contributed by atoms with Gasteiger partial charge < -0.3 is 5.32 Å². The van der Waals surface area contributed by atoms with Gasteiger partial charge in [-0.1, -0.05) is 13.3 Å². The van der Waals surface area contributed by atoms with Crippen molar-refractivity contribution in [3.8, 4) is 11.3 Å². The predicted octanol–water partition coefficient (Wildman–Crippen LogP) is 2.53. The number of hydrogen-bond donors (Lipinski definition) is 1. The number of hydrogen-bond acceptors (Lipinski definition) is 3. The van der Waals surface area contributed by atoms with E-state index in [1.54, 1.807) is 25.1 Å². The SMILES string of the molecule is CCCCNC(=O)C(C)n1nc(-c2ccc(F)cc2)ccc1=O. The van der Waals surface area contributed by atoms with Crippen molar-refractivity contribution >= 4 is 5.91 Å². The van der Waals surface area contributed by atoms with E-state index in [-0.39, 0.29) is 17.3 Å². The molecule has 122 valence electrons. The van der Waals surface area contributed by atoms with Gasteiger partial charge >= 0.3 is 0 Å². The summed E-state index contributed by atoms with van der Waals surface area (Å²) in [4.78, 5) is 24.1. The Morgan fingerprint density at radius 3 is 2.61 bits per heavy atom. The largest absolute Gasteiger partial charge is 0.354 e. The molecule has 1 aromatic heterocycles. The first-order chi connectivity index (χ1) is 11.0. The molecule has 0 aliphatic carbocycles. The Morgan fingerprint density at radius 2 is 1.96 bits per heavy atom. The Hall–Kier alpha value is -2.50. The molecular weight excluding hydrogens is 297 g/mol. The smallest absolute Gasteiger partial charge is 0.267 e. The molecule has 0 saturated carbocycles.